The molecule has 1 fully saturated rings. The Balaban J connectivity index is 2.21. The molecule has 2 rings (SSSR count). The monoisotopic (exact) mass is 302 g/mol. The molecule has 7 heteroatoms. The fraction of sp³-hybridized carbons (Fsp3) is 0.500. The van der Waals surface area contributed by atoms with Gasteiger partial charge in [0.15, 0.2) is 0 Å². The van der Waals surface area contributed by atoms with Crippen molar-refractivity contribution in [3.05, 3.63) is 29.3 Å². The van der Waals surface area contributed by atoms with E-state index < -0.39 is 17.6 Å². The minimum Gasteiger partial charge on any atom is -0.387 e. The lowest BCUT2D eigenvalue weighted by Crippen LogP contribution is -2.40. The number of carbonyl (C=O) groups excluding carboxylic acids is 1. The van der Waals surface area contributed by atoms with E-state index in [1.807, 2.05) is 0 Å². The summed E-state index contributed by atoms with van der Waals surface area (Å²) >= 11 is 0. The van der Waals surface area contributed by atoms with Gasteiger partial charge >= 0.3 is 6.18 Å². The molecule has 1 unspecified atom stereocenters. The van der Waals surface area contributed by atoms with E-state index >= 15 is 0 Å². The third-order valence-electron chi connectivity index (χ3n) is 3.36. The molecule has 1 aromatic carbocycles. The number of ether oxygens (including phenoxy) is 1. The topological polar surface area (TPSA) is 50.4 Å². The lowest BCUT2D eigenvalue weighted by atomic mass is 10.1. The van der Waals surface area contributed by atoms with Crippen LogP contribution in [0.2, 0.25) is 0 Å². The molecule has 1 aliphatic heterocycles. The van der Waals surface area contributed by atoms with Crippen LogP contribution >= 0.6 is 0 Å². The third-order valence-corrected chi connectivity index (χ3v) is 3.36. The SMILES string of the molecule is CNc1ccc(C(F)(F)F)cc1C(=O)NC1CCCOC1. The lowest BCUT2D eigenvalue weighted by molar-refractivity contribution is -0.137. The fourth-order valence-electron chi connectivity index (χ4n) is 2.24. The number of hydrogen-bond acceptors (Lipinski definition) is 3. The molecule has 0 bridgehead atoms. The largest absolute Gasteiger partial charge is 0.416 e. The zero-order valence-corrected chi connectivity index (χ0v) is 11.6. The fourth-order valence-corrected chi connectivity index (χ4v) is 2.24. The number of anilines is 1. The highest BCUT2D eigenvalue weighted by Gasteiger charge is 2.32. The lowest BCUT2D eigenvalue weighted by Gasteiger charge is -2.23. The van der Waals surface area contributed by atoms with E-state index in [0.717, 1.165) is 25.0 Å². The van der Waals surface area contributed by atoms with Crippen molar-refractivity contribution in [1.29, 1.82) is 0 Å². The van der Waals surface area contributed by atoms with Gasteiger partial charge in [0.1, 0.15) is 0 Å². The number of carbonyl (C=O) groups is 1. The average molecular weight is 302 g/mol. The van der Waals surface area contributed by atoms with Gasteiger partial charge in [0, 0.05) is 19.3 Å². The van der Waals surface area contributed by atoms with Crippen LogP contribution in [-0.2, 0) is 10.9 Å². The molecule has 0 saturated carbocycles. The molecular weight excluding hydrogens is 285 g/mol. The molecule has 0 aliphatic carbocycles. The summed E-state index contributed by atoms with van der Waals surface area (Å²) in [7, 11) is 1.56. The number of amides is 1. The maximum atomic E-state index is 12.8. The number of halogens is 3. The van der Waals surface area contributed by atoms with Gasteiger partial charge < -0.3 is 15.4 Å². The second kappa shape index (κ2) is 6.34. The number of rotatable bonds is 3. The minimum atomic E-state index is -4.48. The molecule has 116 valence electrons. The van der Waals surface area contributed by atoms with E-state index in [9.17, 15) is 18.0 Å². The Bertz CT molecular complexity index is 511. The molecule has 1 atom stereocenters. The van der Waals surface area contributed by atoms with Gasteiger partial charge in [-0.1, -0.05) is 0 Å². The Morgan fingerprint density at radius 1 is 1.38 bits per heavy atom. The predicted molar refractivity (Wildman–Crippen MR) is 72.3 cm³/mol. The Hall–Kier alpha value is -1.76. The van der Waals surface area contributed by atoms with Crippen LogP contribution in [0.25, 0.3) is 0 Å². The van der Waals surface area contributed by atoms with Crippen molar-refractivity contribution in [2.24, 2.45) is 0 Å². The van der Waals surface area contributed by atoms with Crippen LogP contribution in [0.4, 0.5) is 18.9 Å². The summed E-state index contributed by atoms with van der Waals surface area (Å²) in [4.78, 5) is 12.2. The highest BCUT2D eigenvalue weighted by atomic mass is 19.4. The number of benzene rings is 1. The molecule has 0 aromatic heterocycles. The molecule has 1 aliphatic rings. The maximum Gasteiger partial charge on any atom is 0.416 e. The maximum absolute atomic E-state index is 12.8. The highest BCUT2D eigenvalue weighted by molar-refractivity contribution is 6.00. The molecule has 1 amide bonds. The van der Waals surface area contributed by atoms with Crippen LogP contribution in [0.3, 0.4) is 0 Å². The number of nitrogens with one attached hydrogen (secondary N) is 2. The van der Waals surface area contributed by atoms with Crippen molar-refractivity contribution >= 4 is 11.6 Å². The standard InChI is InChI=1S/C14H17F3N2O2/c1-18-12-5-4-9(14(15,16)17)7-11(12)13(20)19-10-3-2-6-21-8-10/h4-5,7,10,18H,2-3,6,8H2,1H3,(H,19,20). The first-order valence-electron chi connectivity index (χ1n) is 6.69. The van der Waals surface area contributed by atoms with E-state index in [1.54, 1.807) is 7.05 Å². The van der Waals surface area contributed by atoms with Crippen molar-refractivity contribution in [1.82, 2.24) is 5.32 Å². The van der Waals surface area contributed by atoms with E-state index in [2.05, 4.69) is 10.6 Å². The smallest absolute Gasteiger partial charge is 0.387 e. The van der Waals surface area contributed by atoms with Crippen LogP contribution in [0.1, 0.15) is 28.8 Å². The van der Waals surface area contributed by atoms with Crippen molar-refractivity contribution in [3.63, 3.8) is 0 Å². The number of hydrogen-bond donors (Lipinski definition) is 2. The molecule has 1 aromatic rings. The second-order valence-electron chi connectivity index (χ2n) is 4.90. The molecule has 2 N–H and O–H groups in total. The molecule has 1 heterocycles. The second-order valence-corrected chi connectivity index (χ2v) is 4.90. The molecule has 4 nitrogen and oxygen atoms in total. The number of alkyl halides is 3. The predicted octanol–water partition coefficient (Wildman–Crippen LogP) is 2.66. The van der Waals surface area contributed by atoms with Gasteiger partial charge in [-0.3, -0.25) is 4.79 Å². The first-order chi connectivity index (χ1) is 9.91. The van der Waals surface area contributed by atoms with E-state index in [0.29, 0.717) is 18.9 Å². The molecule has 0 radical (unpaired) electrons. The summed E-state index contributed by atoms with van der Waals surface area (Å²) in [6.07, 6.45) is -2.89. The minimum absolute atomic E-state index is 0.0158. The summed E-state index contributed by atoms with van der Waals surface area (Å²) in [5.41, 5.74) is -0.498. The van der Waals surface area contributed by atoms with Crippen LogP contribution in [0, 0.1) is 0 Å². The van der Waals surface area contributed by atoms with Gasteiger partial charge in [0.2, 0.25) is 0 Å². The van der Waals surface area contributed by atoms with Crippen LogP contribution in [-0.4, -0.2) is 32.2 Å². The molecule has 1 saturated heterocycles. The van der Waals surface area contributed by atoms with Gasteiger partial charge in [-0.25, -0.2) is 0 Å². The van der Waals surface area contributed by atoms with Crippen molar-refractivity contribution in [2.45, 2.75) is 25.1 Å². The van der Waals surface area contributed by atoms with Gasteiger partial charge in [0.25, 0.3) is 5.91 Å². The Labute approximate surface area is 120 Å². The summed E-state index contributed by atoms with van der Waals surface area (Å²) in [5, 5.41) is 5.45. The third kappa shape index (κ3) is 3.87. The van der Waals surface area contributed by atoms with Crippen LogP contribution < -0.4 is 10.6 Å². The summed E-state index contributed by atoms with van der Waals surface area (Å²) in [6.45, 7) is 1.04. The van der Waals surface area contributed by atoms with Crippen LogP contribution in [0.5, 0.6) is 0 Å². The Kier molecular flexibility index (Phi) is 4.72. The average Bonchev–Trinajstić information content (AvgIpc) is 2.46. The van der Waals surface area contributed by atoms with Crippen molar-refractivity contribution in [3.8, 4) is 0 Å². The Morgan fingerprint density at radius 2 is 2.14 bits per heavy atom. The molecule has 21 heavy (non-hydrogen) atoms. The summed E-state index contributed by atoms with van der Waals surface area (Å²) in [5.74, 6) is -0.527. The molecule has 0 spiro atoms. The van der Waals surface area contributed by atoms with Crippen LogP contribution in [0.15, 0.2) is 18.2 Å². The summed E-state index contributed by atoms with van der Waals surface area (Å²) < 4.78 is 43.5. The quantitative estimate of drug-likeness (QED) is 0.902. The van der Waals surface area contributed by atoms with Gasteiger partial charge in [0.05, 0.1) is 23.8 Å². The zero-order chi connectivity index (χ0) is 15.5. The van der Waals surface area contributed by atoms with E-state index in [-0.39, 0.29) is 11.6 Å². The van der Waals surface area contributed by atoms with Gasteiger partial charge in [-0.15, -0.1) is 0 Å². The summed E-state index contributed by atoms with van der Waals surface area (Å²) in [6, 6.07) is 2.91. The van der Waals surface area contributed by atoms with Gasteiger partial charge in [-0.05, 0) is 31.0 Å². The normalized spacial score (nSPS) is 19.1. The zero-order valence-electron chi connectivity index (χ0n) is 11.6. The Morgan fingerprint density at radius 3 is 2.71 bits per heavy atom. The van der Waals surface area contributed by atoms with E-state index in [1.165, 1.54) is 6.07 Å². The highest BCUT2D eigenvalue weighted by Crippen LogP contribution is 2.31. The van der Waals surface area contributed by atoms with E-state index in [4.69, 9.17) is 4.74 Å². The first kappa shape index (κ1) is 15.6. The van der Waals surface area contributed by atoms with Gasteiger partial charge in [-0.2, -0.15) is 13.2 Å². The molecular formula is C14H17F3N2O2. The van der Waals surface area contributed by atoms with Crippen molar-refractivity contribution in [2.75, 3.05) is 25.6 Å². The first-order valence-corrected chi connectivity index (χ1v) is 6.69. The van der Waals surface area contributed by atoms with Crippen molar-refractivity contribution < 1.29 is 22.7 Å².